The Hall–Kier alpha value is -2.34. The fourth-order valence-electron chi connectivity index (χ4n) is 2.87. The van der Waals surface area contributed by atoms with Gasteiger partial charge in [-0.25, -0.2) is 9.50 Å². The summed E-state index contributed by atoms with van der Waals surface area (Å²) >= 11 is 5.96. The third-order valence-corrected chi connectivity index (χ3v) is 4.28. The highest BCUT2D eigenvalue weighted by molar-refractivity contribution is 6.17. The van der Waals surface area contributed by atoms with Crippen LogP contribution in [0.25, 0.3) is 16.9 Å². The molecule has 0 aliphatic carbocycles. The maximum absolute atomic E-state index is 12.6. The number of nitrogens with zero attached hydrogens (tertiary/aromatic N) is 3. The van der Waals surface area contributed by atoms with Crippen LogP contribution in [0.15, 0.2) is 23.0 Å². The van der Waals surface area contributed by atoms with Crippen molar-refractivity contribution in [3.63, 3.8) is 0 Å². The predicted molar refractivity (Wildman–Crippen MR) is 98.5 cm³/mol. The van der Waals surface area contributed by atoms with E-state index >= 15 is 0 Å². The summed E-state index contributed by atoms with van der Waals surface area (Å²) in [5.41, 5.74) is 2.60. The van der Waals surface area contributed by atoms with Crippen molar-refractivity contribution in [1.29, 1.82) is 0 Å². The quantitative estimate of drug-likeness (QED) is 0.683. The zero-order valence-electron chi connectivity index (χ0n) is 14.6. The van der Waals surface area contributed by atoms with Crippen LogP contribution in [-0.4, -0.2) is 26.2 Å². The van der Waals surface area contributed by atoms with Crippen molar-refractivity contribution in [3.8, 4) is 17.1 Å². The van der Waals surface area contributed by atoms with E-state index in [1.807, 2.05) is 32.0 Å². The summed E-state index contributed by atoms with van der Waals surface area (Å²) in [7, 11) is 0. The Morgan fingerprint density at radius 1 is 1.32 bits per heavy atom. The summed E-state index contributed by atoms with van der Waals surface area (Å²) in [5, 5.41) is 4.64. The lowest BCUT2D eigenvalue weighted by Gasteiger charge is -2.11. The lowest BCUT2D eigenvalue weighted by Crippen LogP contribution is -2.16. The number of aryl methyl sites for hydroxylation is 2. The minimum atomic E-state index is -0.212. The summed E-state index contributed by atoms with van der Waals surface area (Å²) in [6.45, 7) is 6.33. The van der Waals surface area contributed by atoms with E-state index in [0.717, 1.165) is 24.2 Å². The molecular formula is C18H21ClN4O2. The number of hydrogen-bond donors (Lipinski definition) is 1. The Kier molecular flexibility index (Phi) is 5.08. The van der Waals surface area contributed by atoms with Crippen molar-refractivity contribution in [2.24, 2.45) is 0 Å². The summed E-state index contributed by atoms with van der Waals surface area (Å²) in [6, 6.07) is 5.65. The molecule has 0 fully saturated rings. The molecular weight excluding hydrogens is 340 g/mol. The van der Waals surface area contributed by atoms with Crippen LogP contribution in [0, 0.1) is 6.92 Å². The zero-order chi connectivity index (χ0) is 18.0. The van der Waals surface area contributed by atoms with Crippen molar-refractivity contribution in [3.05, 3.63) is 45.6 Å². The third kappa shape index (κ3) is 3.26. The van der Waals surface area contributed by atoms with Gasteiger partial charge in [0.1, 0.15) is 11.6 Å². The fourth-order valence-corrected chi connectivity index (χ4v) is 3.04. The van der Waals surface area contributed by atoms with Crippen LogP contribution in [0.4, 0.5) is 0 Å². The Morgan fingerprint density at radius 3 is 2.80 bits per heavy atom. The van der Waals surface area contributed by atoms with Crippen LogP contribution in [0.2, 0.25) is 0 Å². The molecule has 0 amide bonds. The number of alkyl halides is 1. The largest absolute Gasteiger partial charge is 0.493 e. The van der Waals surface area contributed by atoms with E-state index in [9.17, 15) is 4.79 Å². The molecule has 6 nitrogen and oxygen atoms in total. The standard InChI is InChI=1S/C18H21ClN4O2/c1-4-6-15-20-11(3)16-18(24)21-17(22-23(15)16)13-9-12(10-19)7-8-14(13)25-5-2/h7-9H,4-6,10H2,1-3H3,(H,21,22,24). The maximum Gasteiger partial charge on any atom is 0.277 e. The number of H-pyrrole nitrogens is 1. The molecule has 0 atom stereocenters. The topological polar surface area (TPSA) is 72.3 Å². The molecule has 1 N–H and O–H groups in total. The molecule has 3 rings (SSSR count). The Balaban J connectivity index is 2.25. The molecule has 1 aromatic carbocycles. The van der Waals surface area contributed by atoms with Crippen LogP contribution in [-0.2, 0) is 12.3 Å². The molecule has 25 heavy (non-hydrogen) atoms. The molecule has 0 saturated carbocycles. The highest BCUT2D eigenvalue weighted by atomic mass is 35.5. The van der Waals surface area contributed by atoms with Gasteiger partial charge in [-0.15, -0.1) is 16.7 Å². The molecule has 7 heteroatoms. The normalized spacial score (nSPS) is 11.2. The number of nitrogens with one attached hydrogen (secondary N) is 1. The van der Waals surface area contributed by atoms with E-state index in [1.165, 1.54) is 0 Å². The number of aromatic amines is 1. The van der Waals surface area contributed by atoms with Crippen molar-refractivity contribution in [2.45, 2.75) is 39.5 Å². The lowest BCUT2D eigenvalue weighted by atomic mass is 10.1. The Bertz CT molecular complexity index is 962. The minimum Gasteiger partial charge on any atom is -0.493 e. The van der Waals surface area contributed by atoms with Crippen molar-refractivity contribution < 1.29 is 4.74 Å². The van der Waals surface area contributed by atoms with Gasteiger partial charge in [-0.2, -0.15) is 0 Å². The van der Waals surface area contributed by atoms with Gasteiger partial charge in [-0.1, -0.05) is 13.0 Å². The molecule has 0 unspecified atom stereocenters. The van der Waals surface area contributed by atoms with E-state index < -0.39 is 0 Å². The maximum atomic E-state index is 12.6. The summed E-state index contributed by atoms with van der Waals surface area (Å²) < 4.78 is 7.34. The van der Waals surface area contributed by atoms with Gasteiger partial charge in [0.05, 0.1) is 17.9 Å². The second-order valence-corrected chi connectivity index (χ2v) is 6.09. The lowest BCUT2D eigenvalue weighted by molar-refractivity contribution is 0.341. The van der Waals surface area contributed by atoms with Gasteiger partial charge in [0.2, 0.25) is 0 Å². The second-order valence-electron chi connectivity index (χ2n) is 5.82. The van der Waals surface area contributed by atoms with Crippen LogP contribution in [0.5, 0.6) is 5.75 Å². The Labute approximate surface area is 150 Å². The number of fused-ring (bicyclic) bond motifs is 1. The predicted octanol–water partition coefficient (Wildman–Crippen LogP) is 3.48. The molecule has 0 bridgehead atoms. The van der Waals surface area contributed by atoms with Gasteiger partial charge in [0, 0.05) is 12.3 Å². The number of hydrogen-bond acceptors (Lipinski definition) is 4. The Morgan fingerprint density at radius 2 is 2.12 bits per heavy atom. The average molecular weight is 361 g/mol. The van der Waals surface area contributed by atoms with Crippen LogP contribution in [0.3, 0.4) is 0 Å². The molecule has 0 aliphatic heterocycles. The fraction of sp³-hybridized carbons (Fsp3) is 0.389. The van der Waals surface area contributed by atoms with Gasteiger partial charge in [0.15, 0.2) is 11.3 Å². The van der Waals surface area contributed by atoms with Crippen LogP contribution < -0.4 is 10.3 Å². The highest BCUT2D eigenvalue weighted by Crippen LogP contribution is 2.29. The first-order valence-electron chi connectivity index (χ1n) is 8.39. The first-order valence-corrected chi connectivity index (χ1v) is 8.93. The van der Waals surface area contributed by atoms with E-state index in [4.69, 9.17) is 16.3 Å². The van der Waals surface area contributed by atoms with Gasteiger partial charge >= 0.3 is 0 Å². The molecule has 132 valence electrons. The highest BCUT2D eigenvalue weighted by Gasteiger charge is 2.16. The molecule has 3 aromatic rings. The molecule has 2 aromatic heterocycles. The van der Waals surface area contributed by atoms with Gasteiger partial charge < -0.3 is 9.72 Å². The smallest absolute Gasteiger partial charge is 0.277 e. The first kappa shape index (κ1) is 17.5. The van der Waals surface area contributed by atoms with Crippen LogP contribution in [0.1, 0.15) is 37.4 Å². The SMILES string of the molecule is CCCc1nc(C)c2c(=O)[nH]c(-c3cc(CCl)ccc3OCC)nn12. The molecule has 0 aliphatic rings. The van der Waals surface area contributed by atoms with Crippen molar-refractivity contribution in [1.82, 2.24) is 19.6 Å². The van der Waals surface area contributed by atoms with E-state index in [1.54, 1.807) is 4.52 Å². The third-order valence-electron chi connectivity index (χ3n) is 3.97. The van der Waals surface area contributed by atoms with Gasteiger partial charge in [-0.05, 0) is 38.0 Å². The molecule has 2 heterocycles. The molecule has 0 radical (unpaired) electrons. The summed E-state index contributed by atoms with van der Waals surface area (Å²) in [6.07, 6.45) is 1.68. The number of halogens is 1. The van der Waals surface area contributed by atoms with Crippen LogP contribution >= 0.6 is 11.6 Å². The first-order chi connectivity index (χ1) is 12.1. The monoisotopic (exact) mass is 360 g/mol. The van der Waals surface area contributed by atoms with Gasteiger partial charge in [-0.3, -0.25) is 4.79 Å². The number of rotatable bonds is 6. The van der Waals surface area contributed by atoms with Crippen molar-refractivity contribution >= 4 is 17.1 Å². The average Bonchev–Trinajstić information content (AvgIpc) is 2.92. The number of ether oxygens (including phenoxy) is 1. The number of imidazole rings is 1. The van der Waals surface area contributed by atoms with Gasteiger partial charge in [0.25, 0.3) is 5.56 Å². The van der Waals surface area contributed by atoms with E-state index in [-0.39, 0.29) is 5.56 Å². The summed E-state index contributed by atoms with van der Waals surface area (Å²) in [4.78, 5) is 20.0. The number of benzene rings is 1. The van der Waals surface area contributed by atoms with E-state index in [2.05, 4.69) is 22.0 Å². The number of aromatic nitrogens is 4. The molecule has 0 spiro atoms. The molecule has 0 saturated heterocycles. The zero-order valence-corrected chi connectivity index (χ0v) is 15.4. The van der Waals surface area contributed by atoms with E-state index in [0.29, 0.717) is 40.8 Å². The second kappa shape index (κ2) is 7.27. The minimum absolute atomic E-state index is 0.212. The summed E-state index contributed by atoms with van der Waals surface area (Å²) in [5.74, 6) is 2.26. The van der Waals surface area contributed by atoms with Crippen molar-refractivity contribution in [2.75, 3.05) is 6.61 Å².